The number of nitrogens with one attached hydrogen (secondary N) is 1. The van der Waals surface area contributed by atoms with Gasteiger partial charge in [0.25, 0.3) is 0 Å². The van der Waals surface area contributed by atoms with E-state index in [-0.39, 0.29) is 11.6 Å². The molecule has 2 aliphatic rings. The first kappa shape index (κ1) is 13.9. The van der Waals surface area contributed by atoms with Gasteiger partial charge in [0, 0.05) is 26.3 Å². The molecule has 4 rings (SSSR count). The smallest absolute Gasteiger partial charge is 0.341 e. The zero-order chi connectivity index (χ0) is 16.3. The molecule has 120 valence electrons. The zero-order valence-corrected chi connectivity index (χ0v) is 12.9. The third-order valence-electron chi connectivity index (χ3n) is 4.58. The molecule has 2 aromatic rings. The minimum Gasteiger partial charge on any atom is -0.487 e. The maximum Gasteiger partial charge on any atom is 0.341 e. The summed E-state index contributed by atoms with van der Waals surface area (Å²) in [6.45, 7) is 3.98. The van der Waals surface area contributed by atoms with Gasteiger partial charge < -0.3 is 24.6 Å². The van der Waals surface area contributed by atoms with Crippen LogP contribution in [0.3, 0.4) is 0 Å². The number of carboxylic acids is 1. The fourth-order valence-electron chi connectivity index (χ4n) is 3.34. The van der Waals surface area contributed by atoms with Crippen LogP contribution >= 0.6 is 0 Å². The molecule has 1 atom stereocenters. The van der Waals surface area contributed by atoms with Crippen LogP contribution in [0, 0.1) is 0 Å². The zero-order valence-electron chi connectivity index (χ0n) is 12.9. The number of aromatic carboxylic acids is 1. The number of aromatic nitrogens is 1. The van der Waals surface area contributed by atoms with E-state index in [1.807, 2.05) is 23.4 Å². The lowest BCUT2D eigenvalue weighted by molar-refractivity contribution is 0.0694. The third-order valence-corrected chi connectivity index (χ3v) is 4.58. The Labute approximate surface area is 132 Å². The number of hydrogen-bond donors (Lipinski definition) is 2. The van der Waals surface area contributed by atoms with E-state index in [4.69, 9.17) is 4.74 Å². The molecule has 0 saturated heterocycles. The van der Waals surface area contributed by atoms with E-state index in [1.165, 1.54) is 6.20 Å². The highest BCUT2D eigenvalue weighted by Crippen LogP contribution is 2.44. The summed E-state index contributed by atoms with van der Waals surface area (Å²) in [6, 6.07) is 1.73. The second-order valence-electron chi connectivity index (χ2n) is 6.09. The molecule has 7 nitrogen and oxygen atoms in total. The number of pyridine rings is 1. The average molecular weight is 315 g/mol. The Bertz CT molecular complexity index is 903. The number of nitrogens with zero attached hydrogens (tertiary/aromatic N) is 2. The van der Waals surface area contributed by atoms with E-state index >= 15 is 0 Å². The molecular weight excluding hydrogens is 298 g/mol. The molecule has 0 saturated carbocycles. The second-order valence-corrected chi connectivity index (χ2v) is 6.09. The molecule has 2 N–H and O–H groups in total. The Hall–Kier alpha value is -2.70. The number of carbonyl (C=O) groups is 1. The molecule has 7 heteroatoms. The molecule has 0 unspecified atom stereocenters. The maximum absolute atomic E-state index is 12.6. The van der Waals surface area contributed by atoms with E-state index in [0.29, 0.717) is 23.3 Å². The van der Waals surface area contributed by atoms with Crippen molar-refractivity contribution in [2.45, 2.75) is 13.0 Å². The SMILES string of the molecule is C[C@H]1COc2c3c(cc4c(=O)c(C(=O)O)cn1c24)N(C)CCN3. The van der Waals surface area contributed by atoms with Gasteiger partial charge in [-0.2, -0.15) is 0 Å². The minimum atomic E-state index is -1.20. The van der Waals surface area contributed by atoms with E-state index in [9.17, 15) is 14.7 Å². The summed E-state index contributed by atoms with van der Waals surface area (Å²) in [5.41, 5.74) is 1.72. The average Bonchev–Trinajstić information content (AvgIpc) is 2.52. The predicted molar refractivity (Wildman–Crippen MR) is 87.1 cm³/mol. The van der Waals surface area contributed by atoms with E-state index in [2.05, 4.69) is 5.32 Å². The fourth-order valence-corrected chi connectivity index (χ4v) is 3.34. The highest BCUT2D eigenvalue weighted by molar-refractivity contribution is 6.01. The normalized spacial score (nSPS) is 19.0. The van der Waals surface area contributed by atoms with Gasteiger partial charge in [0.15, 0.2) is 5.75 Å². The molecule has 0 radical (unpaired) electrons. The minimum absolute atomic E-state index is 0.0388. The third kappa shape index (κ3) is 1.82. The van der Waals surface area contributed by atoms with Gasteiger partial charge in [-0.1, -0.05) is 0 Å². The first-order valence-electron chi connectivity index (χ1n) is 7.56. The molecule has 0 spiro atoms. The van der Waals surface area contributed by atoms with Crippen LogP contribution in [0.15, 0.2) is 17.1 Å². The van der Waals surface area contributed by atoms with Crippen molar-refractivity contribution < 1.29 is 14.6 Å². The molecule has 1 aromatic heterocycles. The summed E-state index contributed by atoms with van der Waals surface area (Å²) in [6.07, 6.45) is 1.43. The van der Waals surface area contributed by atoms with Gasteiger partial charge in [-0.3, -0.25) is 4.79 Å². The first-order valence-corrected chi connectivity index (χ1v) is 7.56. The number of fused-ring (bicyclic) bond motifs is 2. The van der Waals surface area contributed by atoms with Crippen molar-refractivity contribution in [3.05, 3.63) is 28.0 Å². The van der Waals surface area contributed by atoms with Crippen LogP contribution < -0.4 is 20.4 Å². The predicted octanol–water partition coefficient (Wildman–Crippen LogP) is 1.51. The Morgan fingerprint density at radius 2 is 2.26 bits per heavy atom. The highest BCUT2D eigenvalue weighted by Gasteiger charge is 2.29. The van der Waals surface area contributed by atoms with Crippen molar-refractivity contribution >= 4 is 28.2 Å². The van der Waals surface area contributed by atoms with Crippen LogP contribution in [-0.4, -0.2) is 42.4 Å². The summed E-state index contributed by atoms with van der Waals surface area (Å²) < 4.78 is 7.76. The van der Waals surface area contributed by atoms with Gasteiger partial charge in [0.05, 0.1) is 22.6 Å². The van der Waals surface area contributed by atoms with Gasteiger partial charge in [-0.15, -0.1) is 0 Å². The van der Waals surface area contributed by atoms with Crippen LogP contribution in [-0.2, 0) is 0 Å². The Morgan fingerprint density at radius 1 is 1.48 bits per heavy atom. The lowest BCUT2D eigenvalue weighted by Gasteiger charge is -2.34. The van der Waals surface area contributed by atoms with Crippen LogP contribution in [0.1, 0.15) is 23.3 Å². The molecule has 0 fully saturated rings. The Kier molecular flexibility index (Phi) is 2.81. The van der Waals surface area contributed by atoms with Crippen molar-refractivity contribution in [1.82, 2.24) is 4.57 Å². The van der Waals surface area contributed by atoms with Crippen LogP contribution in [0.2, 0.25) is 0 Å². The molecular formula is C16H17N3O4. The number of rotatable bonds is 1. The number of hydrogen-bond acceptors (Lipinski definition) is 5. The summed E-state index contributed by atoms with van der Waals surface area (Å²) in [5, 5.41) is 13.1. The largest absolute Gasteiger partial charge is 0.487 e. The molecule has 2 aliphatic heterocycles. The van der Waals surface area contributed by atoms with Crippen LogP contribution in [0.5, 0.6) is 5.75 Å². The number of carboxylic acid groups (broad SMARTS) is 1. The van der Waals surface area contributed by atoms with Gasteiger partial charge in [-0.05, 0) is 13.0 Å². The lowest BCUT2D eigenvalue weighted by Crippen LogP contribution is -2.33. The molecule has 0 amide bonds. The maximum atomic E-state index is 12.6. The molecule has 1 aromatic carbocycles. The molecule has 0 bridgehead atoms. The van der Waals surface area contributed by atoms with E-state index in [0.717, 1.165) is 24.5 Å². The summed E-state index contributed by atoms with van der Waals surface area (Å²) in [4.78, 5) is 26.1. The summed E-state index contributed by atoms with van der Waals surface area (Å²) in [7, 11) is 1.95. The van der Waals surface area contributed by atoms with Crippen molar-refractivity contribution in [2.24, 2.45) is 0 Å². The van der Waals surface area contributed by atoms with Crippen molar-refractivity contribution in [2.75, 3.05) is 37.0 Å². The first-order chi connectivity index (χ1) is 11.0. The van der Waals surface area contributed by atoms with E-state index < -0.39 is 11.4 Å². The number of anilines is 2. The molecule has 3 heterocycles. The van der Waals surface area contributed by atoms with Crippen molar-refractivity contribution in [3.63, 3.8) is 0 Å². The van der Waals surface area contributed by atoms with Crippen molar-refractivity contribution in [3.8, 4) is 5.75 Å². The van der Waals surface area contributed by atoms with Crippen LogP contribution in [0.4, 0.5) is 11.4 Å². The number of ether oxygens (including phenoxy) is 1. The Balaban J connectivity index is 2.18. The van der Waals surface area contributed by atoms with Crippen LogP contribution in [0.25, 0.3) is 10.9 Å². The highest BCUT2D eigenvalue weighted by atomic mass is 16.5. The van der Waals surface area contributed by atoms with Crippen molar-refractivity contribution in [1.29, 1.82) is 0 Å². The summed E-state index contributed by atoms with van der Waals surface area (Å²) >= 11 is 0. The molecule has 23 heavy (non-hydrogen) atoms. The lowest BCUT2D eigenvalue weighted by atomic mass is 10.0. The Morgan fingerprint density at radius 3 is 3.00 bits per heavy atom. The van der Waals surface area contributed by atoms with Gasteiger partial charge >= 0.3 is 5.97 Å². The van der Waals surface area contributed by atoms with Gasteiger partial charge in [0.1, 0.15) is 17.9 Å². The summed E-state index contributed by atoms with van der Waals surface area (Å²) in [5.74, 6) is -0.568. The number of likely N-dealkylation sites (N-methyl/N-ethyl adjacent to an activating group) is 1. The molecule has 0 aliphatic carbocycles. The standard InChI is InChI=1S/C16H17N3O4/c1-8-7-23-15-12-11(18(2)4-3-17-12)5-9-13(15)19(8)6-10(14(9)20)16(21)22/h5-6,8,17H,3-4,7H2,1-2H3,(H,21,22)/t8-/m0/s1. The quantitative estimate of drug-likeness (QED) is 0.830. The second kappa shape index (κ2) is 4.65. The van der Waals surface area contributed by atoms with E-state index in [1.54, 1.807) is 6.07 Å². The van der Waals surface area contributed by atoms with Gasteiger partial charge in [0.2, 0.25) is 5.43 Å². The topological polar surface area (TPSA) is 83.8 Å². The monoisotopic (exact) mass is 315 g/mol. The number of benzene rings is 1. The van der Waals surface area contributed by atoms with Gasteiger partial charge in [-0.25, -0.2) is 4.79 Å². The fraction of sp³-hybridized carbons (Fsp3) is 0.375.